The molecule has 12 heavy (non-hydrogen) atoms. The number of allylic oxidation sites excluding steroid dienone is 1. The van der Waals surface area contributed by atoms with E-state index in [2.05, 4.69) is 5.32 Å². The van der Waals surface area contributed by atoms with Crippen molar-refractivity contribution in [3.8, 4) is 0 Å². The van der Waals surface area contributed by atoms with Crippen LogP contribution in [0.25, 0.3) is 0 Å². The molecule has 0 radical (unpaired) electrons. The lowest BCUT2D eigenvalue weighted by Crippen LogP contribution is -2.27. The molecule has 0 aromatic rings. The van der Waals surface area contributed by atoms with Crippen molar-refractivity contribution < 1.29 is 4.79 Å². The number of nitrogens with one attached hydrogen (secondary N) is 1. The van der Waals surface area contributed by atoms with Crippen molar-refractivity contribution in [3.63, 3.8) is 0 Å². The number of rotatable bonds is 4. The zero-order valence-corrected chi connectivity index (χ0v) is 8.51. The summed E-state index contributed by atoms with van der Waals surface area (Å²) in [5.41, 5.74) is 0.662. The predicted octanol–water partition coefficient (Wildman–Crippen LogP) is 0.976. The molecular formula is C9H18N2O. The van der Waals surface area contributed by atoms with Crippen LogP contribution in [0.1, 0.15) is 20.8 Å². The Labute approximate surface area is 74.4 Å². The van der Waals surface area contributed by atoms with Crippen LogP contribution in [0.15, 0.2) is 11.9 Å². The molecule has 0 aliphatic heterocycles. The number of hydrogen-bond donors (Lipinski definition) is 1. The Balaban J connectivity index is 4.34. The molecule has 0 aromatic carbocycles. The first-order valence-electron chi connectivity index (χ1n) is 4.09. The second-order valence-electron chi connectivity index (χ2n) is 3.36. The maximum absolute atomic E-state index is 11.1. The van der Waals surface area contributed by atoms with Gasteiger partial charge >= 0.3 is 0 Å². The monoisotopic (exact) mass is 170 g/mol. The quantitative estimate of drug-likeness (QED) is 0.638. The number of nitrogens with zero attached hydrogens (tertiary/aromatic N) is 1. The lowest BCUT2D eigenvalue weighted by atomic mass is 10.3. The summed E-state index contributed by atoms with van der Waals surface area (Å²) in [7, 11) is 3.79. The summed E-state index contributed by atoms with van der Waals surface area (Å²) in [6, 6.07) is 0.292. The molecule has 0 atom stereocenters. The summed E-state index contributed by atoms with van der Waals surface area (Å²) in [5, 5.41) is 3.08. The van der Waals surface area contributed by atoms with Crippen molar-refractivity contribution in [1.82, 2.24) is 10.2 Å². The predicted molar refractivity (Wildman–Crippen MR) is 50.7 cm³/mol. The van der Waals surface area contributed by atoms with Gasteiger partial charge in [0.25, 0.3) is 0 Å². The van der Waals surface area contributed by atoms with E-state index in [0.717, 1.165) is 0 Å². The first-order valence-corrected chi connectivity index (χ1v) is 4.09. The highest BCUT2D eigenvalue weighted by atomic mass is 16.1. The molecule has 0 unspecified atom stereocenters. The fourth-order valence-corrected chi connectivity index (χ4v) is 0.799. The van der Waals surface area contributed by atoms with E-state index in [4.69, 9.17) is 0 Å². The molecule has 0 aromatic heterocycles. The van der Waals surface area contributed by atoms with Crippen molar-refractivity contribution in [2.75, 3.05) is 14.1 Å². The average molecular weight is 170 g/mol. The first kappa shape index (κ1) is 11.0. The maximum Gasteiger partial charge on any atom is 0.177 e. The fourth-order valence-electron chi connectivity index (χ4n) is 0.799. The van der Waals surface area contributed by atoms with Gasteiger partial charge < -0.3 is 10.2 Å². The van der Waals surface area contributed by atoms with Gasteiger partial charge in [0.1, 0.15) is 0 Å². The minimum atomic E-state index is 0.0670. The molecule has 0 aliphatic carbocycles. The Morgan fingerprint density at radius 1 is 1.42 bits per heavy atom. The molecule has 1 N–H and O–H groups in total. The standard InChI is InChI=1S/C9H18N2O/c1-7(2)10-9(8(3)12)6-11(4)5/h6-7,10H,1-5H3/b9-6+. The molecule has 0 saturated carbocycles. The van der Waals surface area contributed by atoms with Crippen LogP contribution in [-0.4, -0.2) is 30.8 Å². The van der Waals surface area contributed by atoms with Gasteiger partial charge in [-0.3, -0.25) is 4.79 Å². The van der Waals surface area contributed by atoms with Crippen LogP contribution in [0, 0.1) is 0 Å². The molecule has 0 saturated heterocycles. The summed E-state index contributed by atoms with van der Waals surface area (Å²) in [6.07, 6.45) is 1.79. The minimum Gasteiger partial charge on any atom is -0.382 e. The molecule has 0 bridgehead atoms. The van der Waals surface area contributed by atoms with E-state index in [9.17, 15) is 4.79 Å². The van der Waals surface area contributed by atoms with Crippen LogP contribution in [0.5, 0.6) is 0 Å². The zero-order chi connectivity index (χ0) is 9.72. The summed E-state index contributed by atoms with van der Waals surface area (Å²) < 4.78 is 0. The first-order chi connectivity index (χ1) is 5.43. The van der Waals surface area contributed by atoms with E-state index < -0.39 is 0 Å². The van der Waals surface area contributed by atoms with Crippen molar-refractivity contribution in [2.24, 2.45) is 0 Å². The van der Waals surface area contributed by atoms with Gasteiger partial charge in [0.15, 0.2) is 5.78 Å². The second-order valence-corrected chi connectivity index (χ2v) is 3.36. The Hall–Kier alpha value is -0.990. The molecule has 0 amide bonds. The van der Waals surface area contributed by atoms with E-state index in [1.165, 1.54) is 0 Å². The van der Waals surface area contributed by atoms with Crippen molar-refractivity contribution >= 4 is 5.78 Å². The zero-order valence-electron chi connectivity index (χ0n) is 8.51. The number of carbonyl (C=O) groups excluding carboxylic acids is 1. The van der Waals surface area contributed by atoms with Crippen LogP contribution >= 0.6 is 0 Å². The van der Waals surface area contributed by atoms with Crippen molar-refractivity contribution in [2.45, 2.75) is 26.8 Å². The second kappa shape index (κ2) is 4.80. The van der Waals surface area contributed by atoms with E-state index in [-0.39, 0.29) is 5.78 Å². The van der Waals surface area contributed by atoms with Crippen molar-refractivity contribution in [1.29, 1.82) is 0 Å². The summed E-state index contributed by atoms with van der Waals surface area (Å²) in [5.74, 6) is 0.0670. The van der Waals surface area contributed by atoms with Crippen LogP contribution in [0.2, 0.25) is 0 Å². The molecule has 0 rings (SSSR count). The molecule has 0 fully saturated rings. The van der Waals surface area contributed by atoms with Crippen LogP contribution in [0.4, 0.5) is 0 Å². The highest BCUT2D eigenvalue weighted by Crippen LogP contribution is 1.95. The number of ketones is 1. The maximum atomic E-state index is 11.1. The highest BCUT2D eigenvalue weighted by Gasteiger charge is 2.04. The Morgan fingerprint density at radius 3 is 2.17 bits per heavy atom. The van der Waals surface area contributed by atoms with Gasteiger partial charge in [-0.15, -0.1) is 0 Å². The third kappa shape index (κ3) is 4.77. The SMILES string of the molecule is CC(=O)/C(=C\N(C)C)NC(C)C. The Kier molecular flexibility index (Phi) is 4.40. The fraction of sp³-hybridized carbons (Fsp3) is 0.667. The third-order valence-electron chi connectivity index (χ3n) is 1.21. The largest absolute Gasteiger partial charge is 0.382 e. The topological polar surface area (TPSA) is 32.3 Å². The van der Waals surface area contributed by atoms with Gasteiger partial charge in [-0.05, 0) is 13.8 Å². The average Bonchev–Trinajstić information content (AvgIpc) is 1.83. The smallest absolute Gasteiger partial charge is 0.177 e. The van der Waals surface area contributed by atoms with Gasteiger partial charge in [0.05, 0.1) is 5.70 Å². The molecule has 0 spiro atoms. The van der Waals surface area contributed by atoms with Crippen LogP contribution < -0.4 is 5.32 Å². The molecular weight excluding hydrogens is 152 g/mol. The summed E-state index contributed by atoms with van der Waals surface area (Å²) in [4.78, 5) is 12.9. The van der Waals surface area contributed by atoms with E-state index in [1.807, 2.05) is 32.8 Å². The summed E-state index contributed by atoms with van der Waals surface area (Å²) in [6.45, 7) is 5.57. The number of Topliss-reactive ketones (excluding diaryl/α,β-unsaturated/α-hetero) is 1. The Morgan fingerprint density at radius 2 is 1.92 bits per heavy atom. The van der Waals surface area contributed by atoms with Crippen LogP contribution in [-0.2, 0) is 4.79 Å². The highest BCUT2D eigenvalue weighted by molar-refractivity contribution is 5.92. The molecule has 70 valence electrons. The van der Waals surface area contributed by atoms with Crippen molar-refractivity contribution in [3.05, 3.63) is 11.9 Å². The number of hydrogen-bond acceptors (Lipinski definition) is 3. The Bertz CT molecular complexity index is 183. The lowest BCUT2D eigenvalue weighted by Gasteiger charge is -2.14. The van der Waals surface area contributed by atoms with E-state index in [1.54, 1.807) is 13.1 Å². The number of carbonyl (C=O) groups is 1. The lowest BCUT2D eigenvalue weighted by molar-refractivity contribution is -0.114. The van der Waals surface area contributed by atoms with Gasteiger partial charge in [-0.25, -0.2) is 0 Å². The van der Waals surface area contributed by atoms with Gasteiger partial charge in [-0.1, -0.05) is 0 Å². The van der Waals surface area contributed by atoms with E-state index >= 15 is 0 Å². The molecule has 3 nitrogen and oxygen atoms in total. The normalized spacial score (nSPS) is 11.7. The molecule has 0 heterocycles. The van der Waals surface area contributed by atoms with E-state index in [0.29, 0.717) is 11.7 Å². The summed E-state index contributed by atoms with van der Waals surface area (Å²) >= 11 is 0. The van der Waals surface area contributed by atoms with Gasteiger partial charge in [0, 0.05) is 33.3 Å². The minimum absolute atomic E-state index is 0.0670. The van der Waals surface area contributed by atoms with Gasteiger partial charge in [0.2, 0.25) is 0 Å². The van der Waals surface area contributed by atoms with Crippen LogP contribution in [0.3, 0.4) is 0 Å². The molecule has 3 heteroatoms. The third-order valence-corrected chi connectivity index (χ3v) is 1.21. The van der Waals surface area contributed by atoms with Gasteiger partial charge in [-0.2, -0.15) is 0 Å². The molecule has 0 aliphatic rings.